The smallest absolute Gasteiger partial charge is 0.182 e. The molecule has 0 aliphatic heterocycles. The Morgan fingerprint density at radius 1 is 0.944 bits per heavy atom. The highest BCUT2D eigenvalue weighted by Crippen LogP contribution is 2.22. The van der Waals surface area contributed by atoms with Crippen LogP contribution >= 0.6 is 0 Å². The highest BCUT2D eigenvalue weighted by atomic mass is 15.2. The maximum absolute atomic E-state index is 4.43. The number of azo groups is 1. The molecule has 0 aliphatic carbocycles. The molecule has 2 heterocycles. The number of imidazole rings is 1. The van der Waals surface area contributed by atoms with Crippen molar-refractivity contribution in [3.8, 4) is 0 Å². The van der Waals surface area contributed by atoms with Gasteiger partial charge in [0.25, 0.3) is 0 Å². The molecule has 0 N–H and O–H groups in total. The third-order valence-corrected chi connectivity index (χ3v) is 2.69. The molecule has 4 heteroatoms. The van der Waals surface area contributed by atoms with Crippen LogP contribution in [-0.2, 0) is 0 Å². The molecule has 0 atom stereocenters. The molecule has 0 unspecified atom stereocenters. The lowest BCUT2D eigenvalue weighted by Crippen LogP contribution is -1.80. The van der Waals surface area contributed by atoms with E-state index in [1.165, 1.54) is 0 Å². The van der Waals surface area contributed by atoms with Gasteiger partial charge in [-0.15, -0.1) is 10.2 Å². The molecule has 0 spiro atoms. The van der Waals surface area contributed by atoms with E-state index in [-0.39, 0.29) is 0 Å². The normalized spacial score (nSPS) is 11.4. The highest BCUT2D eigenvalue weighted by molar-refractivity contribution is 5.51. The second-order valence-corrected chi connectivity index (χ2v) is 3.99. The third-order valence-electron chi connectivity index (χ3n) is 2.69. The number of pyridine rings is 1. The van der Waals surface area contributed by atoms with Crippen LogP contribution in [0.2, 0.25) is 0 Å². The molecule has 0 bridgehead atoms. The summed E-state index contributed by atoms with van der Waals surface area (Å²) in [6.07, 6.45) is 1.94. The summed E-state index contributed by atoms with van der Waals surface area (Å²) in [4.78, 5) is 4.43. The molecule has 2 aromatic heterocycles. The molecule has 0 fully saturated rings. The van der Waals surface area contributed by atoms with Gasteiger partial charge >= 0.3 is 0 Å². The fraction of sp³-hybridized carbons (Fsp3) is 0.0714. The van der Waals surface area contributed by atoms with Crippen molar-refractivity contribution in [2.75, 3.05) is 0 Å². The summed E-state index contributed by atoms with van der Waals surface area (Å²) >= 11 is 0. The monoisotopic (exact) mass is 236 g/mol. The van der Waals surface area contributed by atoms with Crippen LogP contribution in [0.5, 0.6) is 0 Å². The zero-order chi connectivity index (χ0) is 12.4. The van der Waals surface area contributed by atoms with E-state index >= 15 is 0 Å². The van der Waals surface area contributed by atoms with E-state index in [4.69, 9.17) is 0 Å². The van der Waals surface area contributed by atoms with Crippen LogP contribution in [0.4, 0.5) is 11.5 Å². The largest absolute Gasteiger partial charge is 0.283 e. The van der Waals surface area contributed by atoms with Gasteiger partial charge in [0.05, 0.1) is 11.4 Å². The summed E-state index contributed by atoms with van der Waals surface area (Å²) in [5.41, 5.74) is 2.60. The van der Waals surface area contributed by atoms with E-state index in [1.807, 2.05) is 66.1 Å². The van der Waals surface area contributed by atoms with Crippen molar-refractivity contribution in [1.82, 2.24) is 9.38 Å². The minimum atomic E-state index is 0.773. The van der Waals surface area contributed by atoms with Crippen LogP contribution in [0.25, 0.3) is 5.65 Å². The van der Waals surface area contributed by atoms with Gasteiger partial charge < -0.3 is 0 Å². The van der Waals surface area contributed by atoms with Crippen molar-refractivity contribution in [1.29, 1.82) is 0 Å². The average molecular weight is 236 g/mol. The maximum atomic E-state index is 4.43. The first-order valence-electron chi connectivity index (χ1n) is 5.75. The fourth-order valence-corrected chi connectivity index (χ4v) is 1.82. The Kier molecular flexibility index (Phi) is 2.61. The summed E-state index contributed by atoms with van der Waals surface area (Å²) in [5.74, 6) is 0.773. The number of benzene rings is 1. The Morgan fingerprint density at radius 2 is 1.72 bits per heavy atom. The van der Waals surface area contributed by atoms with Crippen molar-refractivity contribution in [3.63, 3.8) is 0 Å². The zero-order valence-corrected chi connectivity index (χ0v) is 9.99. The van der Waals surface area contributed by atoms with Crippen molar-refractivity contribution in [2.24, 2.45) is 10.2 Å². The summed E-state index contributed by atoms with van der Waals surface area (Å²) in [6.45, 7) is 1.94. The third kappa shape index (κ3) is 1.88. The van der Waals surface area contributed by atoms with E-state index in [0.29, 0.717) is 0 Å². The molecule has 18 heavy (non-hydrogen) atoms. The summed E-state index contributed by atoms with van der Waals surface area (Å²) < 4.78 is 1.93. The average Bonchev–Trinajstić information content (AvgIpc) is 2.73. The van der Waals surface area contributed by atoms with Crippen LogP contribution in [0, 0.1) is 6.92 Å². The Morgan fingerprint density at radius 3 is 2.56 bits per heavy atom. The summed E-state index contributed by atoms with van der Waals surface area (Å²) in [7, 11) is 0. The van der Waals surface area contributed by atoms with Crippen molar-refractivity contribution in [3.05, 3.63) is 60.4 Å². The first-order chi connectivity index (χ1) is 8.84. The second kappa shape index (κ2) is 4.41. The minimum absolute atomic E-state index is 0.773. The van der Waals surface area contributed by atoms with Gasteiger partial charge in [-0.3, -0.25) is 4.40 Å². The maximum Gasteiger partial charge on any atom is 0.182 e. The van der Waals surface area contributed by atoms with E-state index in [9.17, 15) is 0 Å². The SMILES string of the molecule is Cc1nc2ccccn2c1N=Nc1ccccc1. The van der Waals surface area contributed by atoms with Gasteiger partial charge in [-0.25, -0.2) is 4.98 Å². The van der Waals surface area contributed by atoms with Gasteiger partial charge in [0.1, 0.15) is 5.65 Å². The van der Waals surface area contributed by atoms with Crippen LogP contribution < -0.4 is 0 Å². The van der Waals surface area contributed by atoms with Crippen molar-refractivity contribution in [2.45, 2.75) is 6.92 Å². The molecule has 1 aromatic carbocycles. The Hall–Kier alpha value is -2.49. The standard InChI is InChI=1S/C14H12N4/c1-11-14(17-16-12-7-3-2-4-8-12)18-10-6-5-9-13(18)15-11/h2-10H,1H3. The summed E-state index contributed by atoms with van der Waals surface area (Å²) in [6, 6.07) is 15.5. The van der Waals surface area contributed by atoms with Gasteiger partial charge in [-0.1, -0.05) is 24.3 Å². The molecule has 0 saturated heterocycles. The number of hydrogen-bond acceptors (Lipinski definition) is 3. The lowest BCUT2D eigenvalue weighted by Gasteiger charge is -1.95. The number of aryl methyl sites for hydroxylation is 1. The molecule has 88 valence electrons. The van der Waals surface area contributed by atoms with Crippen molar-refractivity contribution < 1.29 is 0 Å². The van der Waals surface area contributed by atoms with Gasteiger partial charge in [0.15, 0.2) is 5.82 Å². The van der Waals surface area contributed by atoms with E-state index in [1.54, 1.807) is 0 Å². The van der Waals surface area contributed by atoms with Crippen LogP contribution in [0.1, 0.15) is 5.69 Å². The molecular formula is C14H12N4. The number of aromatic nitrogens is 2. The zero-order valence-electron chi connectivity index (χ0n) is 9.99. The molecule has 0 saturated carbocycles. The predicted octanol–water partition coefficient (Wildman–Crippen LogP) is 4.06. The Balaban J connectivity index is 2.05. The highest BCUT2D eigenvalue weighted by Gasteiger charge is 2.06. The van der Waals surface area contributed by atoms with E-state index in [0.717, 1.165) is 22.8 Å². The molecular weight excluding hydrogens is 224 g/mol. The Labute approximate surface area is 105 Å². The molecule has 0 radical (unpaired) electrons. The van der Waals surface area contributed by atoms with Gasteiger partial charge in [-0.2, -0.15) is 0 Å². The quantitative estimate of drug-likeness (QED) is 0.619. The van der Waals surface area contributed by atoms with Crippen molar-refractivity contribution >= 4 is 17.2 Å². The van der Waals surface area contributed by atoms with Crippen LogP contribution in [0.3, 0.4) is 0 Å². The number of nitrogens with zero attached hydrogens (tertiary/aromatic N) is 4. The van der Waals surface area contributed by atoms with Gasteiger partial charge in [0, 0.05) is 6.20 Å². The lowest BCUT2D eigenvalue weighted by molar-refractivity contribution is 1.09. The van der Waals surface area contributed by atoms with Gasteiger partial charge in [-0.05, 0) is 31.2 Å². The minimum Gasteiger partial charge on any atom is -0.283 e. The number of hydrogen-bond donors (Lipinski definition) is 0. The number of fused-ring (bicyclic) bond motifs is 1. The first kappa shape index (κ1) is 10.7. The molecule has 0 aliphatic rings. The Bertz CT molecular complexity index is 698. The molecule has 0 amide bonds. The van der Waals surface area contributed by atoms with E-state index < -0.39 is 0 Å². The first-order valence-corrected chi connectivity index (χ1v) is 5.75. The number of rotatable bonds is 2. The second-order valence-electron chi connectivity index (χ2n) is 3.99. The van der Waals surface area contributed by atoms with Gasteiger partial charge in [0.2, 0.25) is 0 Å². The molecule has 4 nitrogen and oxygen atoms in total. The molecule has 3 rings (SSSR count). The topological polar surface area (TPSA) is 42.0 Å². The lowest BCUT2D eigenvalue weighted by atomic mass is 10.3. The predicted molar refractivity (Wildman–Crippen MR) is 70.5 cm³/mol. The van der Waals surface area contributed by atoms with E-state index in [2.05, 4.69) is 15.2 Å². The molecule has 3 aromatic rings. The van der Waals surface area contributed by atoms with Crippen LogP contribution in [0.15, 0.2) is 65.0 Å². The fourth-order valence-electron chi connectivity index (χ4n) is 1.82. The summed E-state index contributed by atoms with van der Waals surface area (Å²) in [5, 5.41) is 8.51. The van der Waals surface area contributed by atoms with Crippen LogP contribution in [-0.4, -0.2) is 9.38 Å².